The van der Waals surface area contributed by atoms with Crippen LogP contribution in [0.5, 0.6) is 0 Å². The maximum Gasteiger partial charge on any atom is 0.335 e. The van der Waals surface area contributed by atoms with Gasteiger partial charge in [-0.3, -0.25) is 9.78 Å². The highest BCUT2D eigenvalue weighted by atomic mass is 16.4. The molecule has 1 aliphatic heterocycles. The van der Waals surface area contributed by atoms with Crippen molar-refractivity contribution >= 4 is 29.0 Å². The summed E-state index contributed by atoms with van der Waals surface area (Å²) < 4.78 is 0. The minimum atomic E-state index is -0.970. The summed E-state index contributed by atoms with van der Waals surface area (Å²) >= 11 is 0. The van der Waals surface area contributed by atoms with Gasteiger partial charge in [0, 0.05) is 5.69 Å². The van der Waals surface area contributed by atoms with Crippen LogP contribution in [0.15, 0.2) is 46.2 Å². The Balaban J connectivity index is 1.84. The van der Waals surface area contributed by atoms with Gasteiger partial charge in [-0.25, -0.2) is 14.8 Å². The number of benzene rings is 1. The summed E-state index contributed by atoms with van der Waals surface area (Å²) in [6, 6.07) is 6.42. The number of carboxylic acids is 1. The predicted octanol–water partition coefficient (Wildman–Crippen LogP) is 2.13. The summed E-state index contributed by atoms with van der Waals surface area (Å²) in [5.74, 6) is -0.878. The average Bonchev–Trinajstić information content (AvgIpc) is 2.71. The third kappa shape index (κ3) is 4.15. The monoisotopic (exact) mass is 353 g/mol. The molecule has 0 radical (unpaired) electrons. The van der Waals surface area contributed by atoms with E-state index >= 15 is 0 Å². The zero-order valence-electron chi connectivity index (χ0n) is 14.0. The molecule has 0 unspecified atom stereocenters. The van der Waals surface area contributed by atoms with Gasteiger partial charge in [-0.05, 0) is 49.6 Å². The van der Waals surface area contributed by atoms with Gasteiger partial charge in [-0.15, -0.1) is 0 Å². The van der Waals surface area contributed by atoms with Crippen molar-refractivity contribution in [2.75, 3.05) is 17.6 Å². The highest BCUT2D eigenvalue weighted by molar-refractivity contribution is 6.00. The van der Waals surface area contributed by atoms with Crippen LogP contribution in [0.2, 0.25) is 0 Å². The number of carboxylic acid groups (broad SMARTS) is 1. The first-order valence-electron chi connectivity index (χ1n) is 8.23. The van der Waals surface area contributed by atoms with Crippen LogP contribution in [0.25, 0.3) is 0 Å². The first-order chi connectivity index (χ1) is 12.5. The van der Waals surface area contributed by atoms with Crippen molar-refractivity contribution in [1.29, 1.82) is 0 Å². The van der Waals surface area contributed by atoms with Gasteiger partial charge < -0.3 is 16.2 Å². The standard InChI is InChI=1S/C18H19N5O3/c19-18-22-14-5-3-1-2-4-13(21-15(14)16(24)23-18)10-20-12-8-6-11(7-9-12)17(25)26/h2,4,6-9,20H,1,3,5,10H2,(H,25,26)(H3,19,22,23,24)/b4-2+,21-13+. The van der Waals surface area contributed by atoms with Crippen molar-refractivity contribution in [3.05, 3.63) is 58.0 Å². The molecule has 0 atom stereocenters. The molecule has 0 spiro atoms. The maximum atomic E-state index is 12.2. The van der Waals surface area contributed by atoms with E-state index in [2.05, 4.69) is 20.3 Å². The van der Waals surface area contributed by atoms with Crippen LogP contribution >= 0.6 is 0 Å². The van der Waals surface area contributed by atoms with Gasteiger partial charge in [0.1, 0.15) is 0 Å². The van der Waals surface area contributed by atoms with E-state index in [-0.39, 0.29) is 22.8 Å². The van der Waals surface area contributed by atoms with Gasteiger partial charge in [-0.2, -0.15) is 0 Å². The van der Waals surface area contributed by atoms with Crippen LogP contribution in [0, 0.1) is 0 Å². The molecule has 1 aliphatic rings. The van der Waals surface area contributed by atoms with Crippen LogP contribution in [0.1, 0.15) is 28.9 Å². The second-order valence-corrected chi connectivity index (χ2v) is 5.88. The Morgan fingerprint density at radius 3 is 2.81 bits per heavy atom. The number of rotatable bonds is 4. The topological polar surface area (TPSA) is 133 Å². The van der Waals surface area contributed by atoms with Gasteiger partial charge in [-0.1, -0.05) is 6.08 Å². The number of hydrogen-bond acceptors (Lipinski definition) is 6. The molecule has 0 fully saturated rings. The highest BCUT2D eigenvalue weighted by Crippen LogP contribution is 2.18. The van der Waals surface area contributed by atoms with Gasteiger partial charge in [0.05, 0.1) is 23.5 Å². The molecule has 3 rings (SSSR count). The quantitative estimate of drug-likeness (QED) is 0.665. The van der Waals surface area contributed by atoms with E-state index in [0.29, 0.717) is 24.4 Å². The number of carbonyl (C=O) groups is 1. The van der Waals surface area contributed by atoms with E-state index < -0.39 is 5.97 Å². The number of aromatic carboxylic acids is 1. The van der Waals surface area contributed by atoms with Crippen LogP contribution in [0.4, 0.5) is 17.3 Å². The average molecular weight is 353 g/mol. The molecule has 5 N–H and O–H groups in total. The zero-order chi connectivity index (χ0) is 18.5. The highest BCUT2D eigenvalue weighted by Gasteiger charge is 2.12. The molecule has 134 valence electrons. The summed E-state index contributed by atoms with van der Waals surface area (Å²) in [6.45, 7) is 0.381. The third-order valence-electron chi connectivity index (χ3n) is 3.94. The Hall–Kier alpha value is -3.42. The lowest BCUT2D eigenvalue weighted by molar-refractivity contribution is 0.0697. The number of nitrogens with two attached hydrogens (primary N) is 1. The van der Waals surface area contributed by atoms with E-state index in [1.807, 2.05) is 12.2 Å². The smallest absolute Gasteiger partial charge is 0.335 e. The Bertz CT molecular complexity index is 929. The Morgan fingerprint density at radius 2 is 2.08 bits per heavy atom. The van der Waals surface area contributed by atoms with Crippen LogP contribution in [0.3, 0.4) is 0 Å². The Labute approximate surface area is 149 Å². The maximum absolute atomic E-state index is 12.2. The number of allylic oxidation sites excluding steroid dienone is 1. The molecule has 0 aliphatic carbocycles. The second-order valence-electron chi connectivity index (χ2n) is 5.88. The van der Waals surface area contributed by atoms with Crippen molar-refractivity contribution in [2.45, 2.75) is 19.3 Å². The minimum absolute atomic E-state index is 0.0920. The summed E-state index contributed by atoms with van der Waals surface area (Å²) in [6.07, 6.45) is 6.22. The number of nitrogen functional groups attached to an aromatic ring is 1. The summed E-state index contributed by atoms with van der Waals surface area (Å²) in [5.41, 5.74) is 7.81. The number of aromatic amines is 1. The first-order valence-corrected chi connectivity index (χ1v) is 8.23. The second kappa shape index (κ2) is 7.64. The number of anilines is 2. The van der Waals surface area contributed by atoms with Crippen molar-refractivity contribution in [3.8, 4) is 0 Å². The lowest BCUT2D eigenvalue weighted by atomic mass is 10.1. The largest absolute Gasteiger partial charge is 0.478 e. The fraction of sp³-hybridized carbons (Fsp3) is 0.222. The number of aryl methyl sites for hydroxylation is 1. The Kier molecular flexibility index (Phi) is 5.12. The normalized spacial score (nSPS) is 17.0. The van der Waals surface area contributed by atoms with Crippen LogP contribution in [-0.4, -0.2) is 33.3 Å². The van der Waals surface area contributed by atoms with Gasteiger partial charge in [0.25, 0.3) is 5.56 Å². The molecule has 2 heterocycles. The van der Waals surface area contributed by atoms with Gasteiger partial charge >= 0.3 is 5.97 Å². The molecular weight excluding hydrogens is 334 g/mol. The number of aromatic nitrogens is 2. The first kappa shape index (κ1) is 17.4. The number of nitrogens with one attached hydrogen (secondary N) is 2. The van der Waals surface area contributed by atoms with Gasteiger partial charge in [0.2, 0.25) is 5.95 Å². The third-order valence-corrected chi connectivity index (χ3v) is 3.94. The number of fused-ring (bicyclic) bond motifs is 1. The molecule has 0 amide bonds. The number of H-pyrrole nitrogens is 1. The minimum Gasteiger partial charge on any atom is -0.478 e. The molecule has 0 saturated heterocycles. The van der Waals surface area contributed by atoms with Crippen molar-refractivity contribution < 1.29 is 9.90 Å². The fourth-order valence-corrected chi connectivity index (χ4v) is 2.63. The molecule has 8 heteroatoms. The van der Waals surface area contributed by atoms with E-state index in [4.69, 9.17) is 10.8 Å². The SMILES string of the molecule is Nc1nc2c(c(=O)[nH]1)/N=C(CNc1ccc(C(=O)O)cc1)\C=C\CCC2. The van der Waals surface area contributed by atoms with Crippen LogP contribution < -0.4 is 16.6 Å². The molecule has 1 aromatic carbocycles. The number of hydrogen-bond donors (Lipinski definition) is 4. The van der Waals surface area contributed by atoms with Gasteiger partial charge in [0.15, 0.2) is 5.69 Å². The fourth-order valence-electron chi connectivity index (χ4n) is 2.63. The summed E-state index contributed by atoms with van der Waals surface area (Å²) in [5, 5.41) is 12.1. The molecular formula is C18H19N5O3. The molecule has 2 aromatic rings. The van der Waals surface area contributed by atoms with Crippen molar-refractivity contribution in [2.24, 2.45) is 4.99 Å². The molecule has 8 nitrogen and oxygen atoms in total. The molecule has 1 aromatic heterocycles. The predicted molar refractivity (Wildman–Crippen MR) is 100 cm³/mol. The Morgan fingerprint density at radius 1 is 1.31 bits per heavy atom. The lowest BCUT2D eigenvalue weighted by Crippen LogP contribution is -2.16. The van der Waals surface area contributed by atoms with E-state index in [1.165, 1.54) is 12.1 Å². The number of aliphatic imine (C=N–C) groups is 1. The van der Waals surface area contributed by atoms with Crippen molar-refractivity contribution in [3.63, 3.8) is 0 Å². The zero-order valence-corrected chi connectivity index (χ0v) is 14.0. The lowest BCUT2D eigenvalue weighted by Gasteiger charge is -2.08. The molecule has 0 saturated carbocycles. The summed E-state index contributed by atoms with van der Waals surface area (Å²) in [7, 11) is 0. The van der Waals surface area contributed by atoms with E-state index in [1.54, 1.807) is 12.1 Å². The molecule has 0 bridgehead atoms. The van der Waals surface area contributed by atoms with Crippen molar-refractivity contribution in [1.82, 2.24) is 9.97 Å². The summed E-state index contributed by atoms with van der Waals surface area (Å²) in [4.78, 5) is 34.3. The van der Waals surface area contributed by atoms with Crippen LogP contribution in [-0.2, 0) is 6.42 Å². The number of nitrogens with zero attached hydrogens (tertiary/aromatic N) is 2. The van der Waals surface area contributed by atoms with E-state index in [9.17, 15) is 9.59 Å². The molecule has 26 heavy (non-hydrogen) atoms. The van der Waals surface area contributed by atoms with E-state index in [0.717, 1.165) is 18.5 Å².